The summed E-state index contributed by atoms with van der Waals surface area (Å²) in [5, 5.41) is 9.45. The smallest absolute Gasteiger partial charge is 0.126 e. The van der Waals surface area contributed by atoms with Crippen LogP contribution < -0.4 is 4.74 Å². The fourth-order valence-corrected chi connectivity index (χ4v) is 1.62. The second-order valence-corrected chi connectivity index (χ2v) is 3.53. The number of aliphatic hydroxyl groups excluding tert-OH is 1. The number of rotatable bonds is 2. The van der Waals surface area contributed by atoms with Gasteiger partial charge in [0.25, 0.3) is 0 Å². The Balaban J connectivity index is 2.12. The fraction of sp³-hybridized carbons (Fsp3) is 0.333. The standard InChI is InChI=1S/C12H14O3/c1-14-11-4-2-9(3-5-11)12-8-10(13)6-7-15-12/h2-7,10,12-13H,8H2,1H3/t10?,12-/m1/s1. The van der Waals surface area contributed by atoms with Crippen molar-refractivity contribution in [2.45, 2.75) is 18.6 Å². The van der Waals surface area contributed by atoms with E-state index in [0.717, 1.165) is 11.3 Å². The molecule has 2 rings (SSSR count). The van der Waals surface area contributed by atoms with Crippen molar-refractivity contribution in [3.63, 3.8) is 0 Å². The van der Waals surface area contributed by atoms with Gasteiger partial charge in [-0.15, -0.1) is 0 Å². The van der Waals surface area contributed by atoms with Crippen molar-refractivity contribution in [3.05, 3.63) is 42.2 Å². The molecule has 1 unspecified atom stereocenters. The molecule has 0 fully saturated rings. The Hall–Kier alpha value is -1.48. The molecule has 0 radical (unpaired) electrons. The molecule has 80 valence electrons. The van der Waals surface area contributed by atoms with Crippen LogP contribution >= 0.6 is 0 Å². The second kappa shape index (κ2) is 4.36. The maximum absolute atomic E-state index is 9.45. The molecule has 0 aliphatic carbocycles. The Morgan fingerprint density at radius 1 is 1.33 bits per heavy atom. The van der Waals surface area contributed by atoms with E-state index in [-0.39, 0.29) is 6.10 Å². The number of benzene rings is 1. The molecule has 0 aromatic heterocycles. The highest BCUT2D eigenvalue weighted by Gasteiger charge is 2.18. The molecule has 1 heterocycles. The van der Waals surface area contributed by atoms with Crippen molar-refractivity contribution < 1.29 is 14.6 Å². The van der Waals surface area contributed by atoms with Crippen molar-refractivity contribution in [2.24, 2.45) is 0 Å². The van der Waals surface area contributed by atoms with Gasteiger partial charge in [-0.25, -0.2) is 0 Å². The van der Waals surface area contributed by atoms with Crippen LogP contribution in [-0.2, 0) is 4.74 Å². The monoisotopic (exact) mass is 206 g/mol. The minimum absolute atomic E-state index is 0.0593. The fourth-order valence-electron chi connectivity index (χ4n) is 1.62. The third-order valence-electron chi connectivity index (χ3n) is 2.49. The SMILES string of the molecule is COc1ccc([C@H]2CC(O)C=CO2)cc1. The summed E-state index contributed by atoms with van der Waals surface area (Å²) >= 11 is 0. The average molecular weight is 206 g/mol. The summed E-state index contributed by atoms with van der Waals surface area (Å²) < 4.78 is 10.5. The van der Waals surface area contributed by atoms with Crippen LogP contribution in [0.5, 0.6) is 5.75 Å². The molecule has 0 bridgehead atoms. The molecule has 2 atom stereocenters. The van der Waals surface area contributed by atoms with Gasteiger partial charge >= 0.3 is 0 Å². The van der Waals surface area contributed by atoms with Crippen molar-refractivity contribution >= 4 is 0 Å². The lowest BCUT2D eigenvalue weighted by Crippen LogP contribution is -2.15. The highest BCUT2D eigenvalue weighted by molar-refractivity contribution is 5.29. The Bertz CT molecular complexity index is 342. The predicted octanol–water partition coefficient (Wildman–Crippen LogP) is 2.03. The van der Waals surface area contributed by atoms with Crippen molar-refractivity contribution in [1.29, 1.82) is 0 Å². The average Bonchev–Trinajstić information content (AvgIpc) is 2.29. The zero-order chi connectivity index (χ0) is 10.7. The Morgan fingerprint density at radius 3 is 2.67 bits per heavy atom. The van der Waals surface area contributed by atoms with Gasteiger partial charge < -0.3 is 14.6 Å². The van der Waals surface area contributed by atoms with E-state index in [9.17, 15) is 5.11 Å². The summed E-state index contributed by atoms with van der Waals surface area (Å²) in [7, 11) is 1.64. The van der Waals surface area contributed by atoms with Gasteiger partial charge in [0, 0.05) is 6.42 Å². The highest BCUT2D eigenvalue weighted by atomic mass is 16.5. The molecule has 1 aromatic carbocycles. The molecular weight excluding hydrogens is 192 g/mol. The number of methoxy groups -OCH3 is 1. The van der Waals surface area contributed by atoms with E-state index < -0.39 is 6.10 Å². The molecule has 0 saturated carbocycles. The summed E-state index contributed by atoms with van der Waals surface area (Å²) in [4.78, 5) is 0. The molecule has 3 nitrogen and oxygen atoms in total. The van der Waals surface area contributed by atoms with E-state index in [1.807, 2.05) is 24.3 Å². The third-order valence-corrected chi connectivity index (χ3v) is 2.49. The van der Waals surface area contributed by atoms with E-state index in [0.29, 0.717) is 6.42 Å². The van der Waals surface area contributed by atoms with Crippen LogP contribution in [0.15, 0.2) is 36.6 Å². The zero-order valence-corrected chi connectivity index (χ0v) is 8.59. The normalized spacial score (nSPS) is 24.7. The summed E-state index contributed by atoms with van der Waals surface area (Å²) in [6.45, 7) is 0. The number of hydrogen-bond donors (Lipinski definition) is 1. The summed E-state index contributed by atoms with van der Waals surface area (Å²) in [5.74, 6) is 0.825. The molecule has 0 spiro atoms. The summed E-state index contributed by atoms with van der Waals surface area (Å²) in [5.41, 5.74) is 1.05. The van der Waals surface area contributed by atoms with E-state index in [1.54, 1.807) is 19.4 Å². The first-order valence-electron chi connectivity index (χ1n) is 4.94. The third kappa shape index (κ3) is 2.30. The number of hydrogen-bond acceptors (Lipinski definition) is 3. The Kier molecular flexibility index (Phi) is 2.92. The first-order valence-corrected chi connectivity index (χ1v) is 4.94. The van der Waals surface area contributed by atoms with Crippen LogP contribution in [0.3, 0.4) is 0 Å². The van der Waals surface area contributed by atoms with Crippen molar-refractivity contribution in [2.75, 3.05) is 7.11 Å². The summed E-state index contributed by atoms with van der Waals surface area (Å²) in [6.07, 6.45) is 3.34. The molecule has 0 amide bonds. The second-order valence-electron chi connectivity index (χ2n) is 3.53. The maximum atomic E-state index is 9.45. The van der Waals surface area contributed by atoms with Gasteiger partial charge in [-0.1, -0.05) is 12.1 Å². The van der Waals surface area contributed by atoms with Gasteiger partial charge in [-0.3, -0.25) is 0 Å². The van der Waals surface area contributed by atoms with Gasteiger partial charge in [0.1, 0.15) is 11.9 Å². The Labute approximate surface area is 88.9 Å². The lowest BCUT2D eigenvalue weighted by molar-refractivity contribution is 0.0641. The quantitative estimate of drug-likeness (QED) is 0.804. The zero-order valence-electron chi connectivity index (χ0n) is 8.59. The molecular formula is C12H14O3. The molecule has 3 heteroatoms. The van der Waals surface area contributed by atoms with Crippen LogP contribution in [-0.4, -0.2) is 18.3 Å². The minimum atomic E-state index is -0.411. The molecule has 1 N–H and O–H groups in total. The first kappa shape index (κ1) is 10.1. The van der Waals surface area contributed by atoms with E-state index in [2.05, 4.69) is 0 Å². The minimum Gasteiger partial charge on any atom is -0.497 e. The van der Waals surface area contributed by atoms with Gasteiger partial charge in [0.15, 0.2) is 0 Å². The van der Waals surface area contributed by atoms with E-state index in [1.165, 1.54) is 0 Å². The van der Waals surface area contributed by atoms with Gasteiger partial charge in [0.2, 0.25) is 0 Å². The molecule has 15 heavy (non-hydrogen) atoms. The number of ether oxygens (including phenoxy) is 2. The molecule has 1 aliphatic heterocycles. The van der Waals surface area contributed by atoms with Crippen molar-refractivity contribution in [3.8, 4) is 5.75 Å². The predicted molar refractivity (Wildman–Crippen MR) is 56.6 cm³/mol. The van der Waals surface area contributed by atoms with Gasteiger partial charge in [-0.05, 0) is 23.8 Å². The topological polar surface area (TPSA) is 38.7 Å². The molecule has 0 saturated heterocycles. The summed E-state index contributed by atoms with van der Waals surface area (Å²) in [6, 6.07) is 7.69. The number of aliphatic hydroxyl groups is 1. The van der Waals surface area contributed by atoms with Crippen LogP contribution in [0, 0.1) is 0 Å². The first-order chi connectivity index (χ1) is 7.29. The lowest BCUT2D eigenvalue weighted by Gasteiger charge is -2.22. The molecule has 1 aliphatic rings. The maximum Gasteiger partial charge on any atom is 0.126 e. The Morgan fingerprint density at radius 2 is 2.07 bits per heavy atom. The highest BCUT2D eigenvalue weighted by Crippen LogP contribution is 2.27. The van der Waals surface area contributed by atoms with Crippen LogP contribution in [0.1, 0.15) is 18.1 Å². The van der Waals surface area contributed by atoms with Crippen LogP contribution in [0.4, 0.5) is 0 Å². The van der Waals surface area contributed by atoms with Crippen molar-refractivity contribution in [1.82, 2.24) is 0 Å². The van der Waals surface area contributed by atoms with Gasteiger partial charge in [0.05, 0.1) is 19.5 Å². The van der Waals surface area contributed by atoms with Gasteiger partial charge in [-0.2, -0.15) is 0 Å². The van der Waals surface area contributed by atoms with Crippen LogP contribution in [0.25, 0.3) is 0 Å². The largest absolute Gasteiger partial charge is 0.497 e. The molecule has 1 aromatic rings. The van der Waals surface area contributed by atoms with Crippen LogP contribution in [0.2, 0.25) is 0 Å². The van der Waals surface area contributed by atoms with E-state index >= 15 is 0 Å². The lowest BCUT2D eigenvalue weighted by atomic mass is 10.0. The van der Waals surface area contributed by atoms with E-state index in [4.69, 9.17) is 9.47 Å².